The van der Waals surface area contributed by atoms with Crippen LogP contribution >= 0.6 is 0 Å². The summed E-state index contributed by atoms with van der Waals surface area (Å²) in [5.74, 6) is 1.24. The molecule has 0 aromatic heterocycles. The van der Waals surface area contributed by atoms with Crippen molar-refractivity contribution >= 4 is 5.69 Å². The van der Waals surface area contributed by atoms with Gasteiger partial charge < -0.3 is 9.47 Å². The summed E-state index contributed by atoms with van der Waals surface area (Å²) in [7, 11) is 0. The van der Waals surface area contributed by atoms with Crippen molar-refractivity contribution in [1.82, 2.24) is 0 Å². The van der Waals surface area contributed by atoms with Crippen LogP contribution in [0.15, 0.2) is 36.4 Å². The topological polar surface area (TPSA) is 61.6 Å². The van der Waals surface area contributed by atoms with Crippen LogP contribution in [0, 0.1) is 27.4 Å². The van der Waals surface area contributed by atoms with Crippen molar-refractivity contribution in [2.45, 2.75) is 19.1 Å². The summed E-state index contributed by atoms with van der Waals surface area (Å²) in [6, 6.07) is 6.50. The number of hydrogen-bond acceptors (Lipinski definition) is 4. The molecule has 1 aromatic carbocycles. The third-order valence-corrected chi connectivity index (χ3v) is 5.03. The van der Waals surface area contributed by atoms with Crippen LogP contribution in [-0.2, 0) is 9.47 Å². The molecule has 0 N–H and O–H groups in total. The number of non-ortho nitro benzene ring substituents is 1. The van der Waals surface area contributed by atoms with E-state index in [1.165, 1.54) is 18.6 Å². The first kappa shape index (κ1) is 13.0. The molecule has 0 amide bonds. The molecule has 1 aliphatic heterocycles. The van der Waals surface area contributed by atoms with Crippen molar-refractivity contribution in [3.8, 4) is 0 Å². The highest BCUT2D eigenvalue weighted by atomic mass is 16.7. The summed E-state index contributed by atoms with van der Waals surface area (Å²) in [6.45, 7) is 1.34. The van der Waals surface area contributed by atoms with Gasteiger partial charge in [-0.15, -0.1) is 0 Å². The molecule has 1 spiro atoms. The molecule has 1 aromatic rings. The fourth-order valence-electron chi connectivity index (χ4n) is 3.94. The standard InChI is InChI=1S/C16H17NO4/c18-17(19)14-3-1-2-12(7-14)15-20-9-16(10-21-15)8-11-4-5-13(16)6-11/h1-5,7,11,13,15H,6,8-10H2/t11-,13+,15?,16?/m0/s1. The predicted octanol–water partition coefficient (Wildman–Crippen LogP) is 3.22. The normalized spacial score (nSPS) is 37.2. The molecule has 5 heteroatoms. The van der Waals surface area contributed by atoms with Crippen molar-refractivity contribution in [2.24, 2.45) is 17.3 Å². The number of nitro groups is 1. The highest BCUT2D eigenvalue weighted by Crippen LogP contribution is 2.54. The first-order valence-corrected chi connectivity index (χ1v) is 7.32. The van der Waals surface area contributed by atoms with Crippen molar-refractivity contribution in [3.05, 3.63) is 52.1 Å². The van der Waals surface area contributed by atoms with Gasteiger partial charge in [0, 0.05) is 23.1 Å². The molecule has 4 rings (SSSR count). The summed E-state index contributed by atoms with van der Waals surface area (Å²) in [5.41, 5.74) is 0.914. The lowest BCUT2D eigenvalue weighted by atomic mass is 9.76. The monoisotopic (exact) mass is 287 g/mol. The minimum atomic E-state index is -0.487. The fraction of sp³-hybridized carbons (Fsp3) is 0.500. The van der Waals surface area contributed by atoms with Gasteiger partial charge in [-0.2, -0.15) is 0 Å². The molecule has 5 nitrogen and oxygen atoms in total. The molecular weight excluding hydrogens is 270 g/mol. The van der Waals surface area contributed by atoms with Crippen LogP contribution < -0.4 is 0 Å². The van der Waals surface area contributed by atoms with Crippen molar-refractivity contribution in [1.29, 1.82) is 0 Å². The van der Waals surface area contributed by atoms with E-state index >= 15 is 0 Å². The number of benzene rings is 1. The summed E-state index contributed by atoms with van der Waals surface area (Å²) in [5, 5.41) is 10.8. The van der Waals surface area contributed by atoms with Crippen molar-refractivity contribution in [2.75, 3.05) is 13.2 Å². The Labute approximate surface area is 122 Å². The summed E-state index contributed by atoms with van der Waals surface area (Å²) in [6.07, 6.45) is 6.47. The Morgan fingerprint density at radius 1 is 1.24 bits per heavy atom. The molecule has 2 aliphatic carbocycles. The first-order chi connectivity index (χ1) is 10.2. The van der Waals surface area contributed by atoms with E-state index in [9.17, 15) is 10.1 Å². The highest BCUT2D eigenvalue weighted by Gasteiger charge is 2.51. The Kier molecular flexibility index (Phi) is 2.87. The van der Waals surface area contributed by atoms with E-state index in [4.69, 9.17) is 9.47 Å². The Morgan fingerprint density at radius 3 is 2.67 bits per heavy atom. The van der Waals surface area contributed by atoms with Gasteiger partial charge in [-0.25, -0.2) is 0 Å². The van der Waals surface area contributed by atoms with Crippen LogP contribution in [0.4, 0.5) is 5.69 Å². The van der Waals surface area contributed by atoms with Gasteiger partial charge >= 0.3 is 0 Å². The Balaban J connectivity index is 1.49. The number of nitro benzene ring substituents is 1. The lowest BCUT2D eigenvalue weighted by Gasteiger charge is -2.41. The molecule has 1 saturated carbocycles. The maximum atomic E-state index is 10.8. The first-order valence-electron chi connectivity index (χ1n) is 7.32. The zero-order chi connectivity index (χ0) is 14.4. The van der Waals surface area contributed by atoms with E-state index in [0.29, 0.717) is 25.0 Å². The van der Waals surface area contributed by atoms with Crippen LogP contribution in [-0.4, -0.2) is 18.1 Å². The zero-order valence-electron chi connectivity index (χ0n) is 11.6. The third kappa shape index (κ3) is 2.08. The van der Waals surface area contributed by atoms with Crippen molar-refractivity contribution in [3.63, 3.8) is 0 Å². The number of hydrogen-bond donors (Lipinski definition) is 0. The van der Waals surface area contributed by atoms with Gasteiger partial charge in [0.1, 0.15) is 0 Å². The third-order valence-electron chi connectivity index (χ3n) is 5.03. The molecule has 2 atom stereocenters. The Morgan fingerprint density at radius 2 is 2.05 bits per heavy atom. The number of nitrogens with zero attached hydrogens (tertiary/aromatic N) is 1. The second-order valence-electron chi connectivity index (χ2n) is 6.36. The smallest absolute Gasteiger partial charge is 0.269 e. The molecule has 0 unspecified atom stereocenters. The number of rotatable bonds is 2. The average Bonchev–Trinajstić information content (AvgIpc) is 3.09. The zero-order valence-corrected chi connectivity index (χ0v) is 11.6. The quantitative estimate of drug-likeness (QED) is 0.476. The van der Waals surface area contributed by atoms with Gasteiger partial charge in [0.2, 0.25) is 0 Å². The number of fused-ring (bicyclic) bond motifs is 3. The largest absolute Gasteiger partial charge is 0.348 e. The van der Waals surface area contributed by atoms with E-state index < -0.39 is 11.2 Å². The molecular formula is C16H17NO4. The molecule has 21 heavy (non-hydrogen) atoms. The average molecular weight is 287 g/mol. The molecule has 0 radical (unpaired) electrons. The predicted molar refractivity (Wildman–Crippen MR) is 75.5 cm³/mol. The molecule has 2 fully saturated rings. The lowest BCUT2D eigenvalue weighted by Crippen LogP contribution is -2.41. The van der Waals surface area contributed by atoms with E-state index in [0.717, 1.165) is 12.0 Å². The maximum Gasteiger partial charge on any atom is 0.269 e. The summed E-state index contributed by atoms with van der Waals surface area (Å²) < 4.78 is 11.8. The van der Waals surface area contributed by atoms with E-state index in [-0.39, 0.29) is 11.1 Å². The van der Waals surface area contributed by atoms with Gasteiger partial charge in [0.25, 0.3) is 5.69 Å². The molecule has 1 heterocycles. The Bertz CT molecular complexity index is 604. The van der Waals surface area contributed by atoms with Gasteiger partial charge in [-0.05, 0) is 24.7 Å². The lowest BCUT2D eigenvalue weighted by molar-refractivity contribution is -0.385. The molecule has 1 saturated heterocycles. The minimum absolute atomic E-state index is 0.0721. The van der Waals surface area contributed by atoms with Gasteiger partial charge in [-0.1, -0.05) is 24.3 Å². The maximum absolute atomic E-state index is 10.8. The van der Waals surface area contributed by atoms with E-state index in [1.807, 2.05) is 6.07 Å². The Hall–Kier alpha value is -1.72. The fourth-order valence-corrected chi connectivity index (χ4v) is 3.94. The van der Waals surface area contributed by atoms with Crippen LogP contribution in [0.25, 0.3) is 0 Å². The van der Waals surface area contributed by atoms with Crippen LogP contribution in [0.1, 0.15) is 24.7 Å². The van der Waals surface area contributed by atoms with Gasteiger partial charge in [0.15, 0.2) is 6.29 Å². The van der Waals surface area contributed by atoms with Crippen LogP contribution in [0.2, 0.25) is 0 Å². The van der Waals surface area contributed by atoms with E-state index in [2.05, 4.69) is 12.2 Å². The highest BCUT2D eigenvalue weighted by molar-refractivity contribution is 5.35. The van der Waals surface area contributed by atoms with Gasteiger partial charge in [0.05, 0.1) is 18.1 Å². The number of allylic oxidation sites excluding steroid dienone is 2. The summed E-state index contributed by atoms with van der Waals surface area (Å²) in [4.78, 5) is 10.4. The molecule has 110 valence electrons. The second kappa shape index (κ2) is 4.64. The minimum Gasteiger partial charge on any atom is -0.348 e. The van der Waals surface area contributed by atoms with Crippen LogP contribution in [0.5, 0.6) is 0 Å². The second-order valence-corrected chi connectivity index (χ2v) is 6.36. The SMILES string of the molecule is O=[N+]([O-])c1cccc(C2OCC3(CO2)C[C@H]2C=C[C@@H]3C2)c1. The van der Waals surface area contributed by atoms with Crippen LogP contribution in [0.3, 0.4) is 0 Å². The summed E-state index contributed by atoms with van der Waals surface area (Å²) >= 11 is 0. The molecule has 2 bridgehead atoms. The number of ether oxygens (including phenoxy) is 2. The van der Waals surface area contributed by atoms with E-state index in [1.54, 1.807) is 6.07 Å². The van der Waals surface area contributed by atoms with Crippen molar-refractivity contribution < 1.29 is 14.4 Å². The van der Waals surface area contributed by atoms with Gasteiger partial charge in [-0.3, -0.25) is 10.1 Å². The molecule has 3 aliphatic rings.